The zero-order chi connectivity index (χ0) is 13.0. The van der Waals surface area contributed by atoms with Crippen LogP contribution in [-0.4, -0.2) is 22.6 Å². The normalized spacial score (nSPS) is 11.0. The topological polar surface area (TPSA) is 29.9 Å². The van der Waals surface area contributed by atoms with Crippen molar-refractivity contribution in [3.63, 3.8) is 0 Å². The van der Waals surface area contributed by atoms with Gasteiger partial charge in [-0.3, -0.25) is 0 Å². The maximum atomic E-state index is 13.2. The van der Waals surface area contributed by atoms with Gasteiger partial charge in [0.2, 0.25) is 0 Å². The second-order valence-electron chi connectivity index (χ2n) is 4.16. The fraction of sp³-hybridized carbons (Fsp3) is 0.357. The van der Waals surface area contributed by atoms with Crippen LogP contribution in [0.2, 0.25) is 0 Å². The Bertz CT molecular complexity index is 545. The lowest BCUT2D eigenvalue weighted by molar-refractivity contribution is 0.629. The van der Waals surface area contributed by atoms with Crippen molar-refractivity contribution in [3.8, 4) is 0 Å². The van der Waals surface area contributed by atoms with Crippen LogP contribution in [-0.2, 0) is 13.0 Å². The zero-order valence-electron chi connectivity index (χ0n) is 10.6. The number of nitrogens with zero attached hydrogens (tertiary/aromatic N) is 2. The molecule has 0 saturated heterocycles. The molecule has 0 fully saturated rings. The number of likely N-dealkylation sites (N-methyl/N-ethyl adjacent to an activating group) is 1. The quantitative estimate of drug-likeness (QED) is 0.628. The number of benzene rings is 1. The summed E-state index contributed by atoms with van der Waals surface area (Å²) in [6.45, 7) is 8.34. The molecule has 0 amide bonds. The molecular weight excluding hydrogens is 229 g/mol. The van der Waals surface area contributed by atoms with E-state index in [-0.39, 0.29) is 5.82 Å². The minimum absolute atomic E-state index is 0.246. The van der Waals surface area contributed by atoms with E-state index >= 15 is 0 Å². The molecule has 0 aliphatic heterocycles. The number of hydrogen-bond donors (Lipinski definition) is 1. The molecule has 2 aromatic rings. The summed E-state index contributed by atoms with van der Waals surface area (Å²) in [6.07, 6.45) is 2.67. The van der Waals surface area contributed by atoms with Crippen molar-refractivity contribution in [3.05, 3.63) is 42.5 Å². The third kappa shape index (κ3) is 2.59. The molecule has 0 radical (unpaired) electrons. The lowest BCUT2D eigenvalue weighted by atomic mass is 10.3. The molecule has 4 heteroatoms. The first-order chi connectivity index (χ1) is 8.76. The molecule has 0 atom stereocenters. The molecule has 1 N–H and O–H groups in total. The van der Waals surface area contributed by atoms with Crippen LogP contribution in [0, 0.1) is 5.82 Å². The van der Waals surface area contributed by atoms with Gasteiger partial charge in [-0.25, -0.2) is 9.37 Å². The predicted octanol–water partition coefficient (Wildman–Crippen LogP) is 2.51. The van der Waals surface area contributed by atoms with Crippen LogP contribution in [0.4, 0.5) is 4.39 Å². The summed E-state index contributed by atoms with van der Waals surface area (Å²) in [5.74, 6) is 0.723. The Morgan fingerprint density at radius 3 is 3.06 bits per heavy atom. The molecule has 1 heterocycles. The average molecular weight is 247 g/mol. The molecule has 18 heavy (non-hydrogen) atoms. The molecule has 1 aromatic heterocycles. The maximum absolute atomic E-state index is 13.2. The SMILES string of the molecule is C=CCn1c(CCNCC)nc2cc(F)ccc21. The highest BCUT2D eigenvalue weighted by Crippen LogP contribution is 2.18. The average Bonchev–Trinajstić information content (AvgIpc) is 2.68. The van der Waals surface area contributed by atoms with E-state index in [1.807, 2.05) is 6.08 Å². The maximum Gasteiger partial charge on any atom is 0.125 e. The van der Waals surface area contributed by atoms with Crippen molar-refractivity contribution in [1.82, 2.24) is 14.9 Å². The van der Waals surface area contributed by atoms with E-state index in [0.717, 1.165) is 30.9 Å². The van der Waals surface area contributed by atoms with Gasteiger partial charge in [0, 0.05) is 25.6 Å². The van der Waals surface area contributed by atoms with E-state index in [0.29, 0.717) is 12.1 Å². The molecule has 0 aliphatic rings. The van der Waals surface area contributed by atoms with Crippen molar-refractivity contribution in [2.75, 3.05) is 13.1 Å². The first kappa shape index (κ1) is 12.8. The third-order valence-corrected chi connectivity index (χ3v) is 2.88. The molecule has 0 unspecified atom stereocenters. The first-order valence-corrected chi connectivity index (χ1v) is 6.22. The smallest absolute Gasteiger partial charge is 0.125 e. The standard InChI is InChI=1S/C14H18FN3/c1-3-9-18-13-6-5-11(15)10-12(13)17-14(18)7-8-16-4-2/h3,5-6,10,16H,1,4,7-9H2,2H3. The Kier molecular flexibility index (Phi) is 4.10. The van der Waals surface area contributed by atoms with Gasteiger partial charge in [-0.1, -0.05) is 13.0 Å². The Morgan fingerprint density at radius 1 is 1.50 bits per heavy atom. The summed E-state index contributed by atoms with van der Waals surface area (Å²) in [7, 11) is 0. The second-order valence-corrected chi connectivity index (χ2v) is 4.16. The number of imidazole rings is 1. The van der Waals surface area contributed by atoms with Crippen molar-refractivity contribution >= 4 is 11.0 Å². The van der Waals surface area contributed by atoms with E-state index in [4.69, 9.17) is 0 Å². The summed E-state index contributed by atoms with van der Waals surface area (Å²) in [5, 5.41) is 3.27. The van der Waals surface area contributed by atoms with Crippen LogP contribution in [0.1, 0.15) is 12.7 Å². The molecule has 0 aliphatic carbocycles. The van der Waals surface area contributed by atoms with Gasteiger partial charge in [0.1, 0.15) is 11.6 Å². The van der Waals surface area contributed by atoms with Gasteiger partial charge in [0.05, 0.1) is 11.0 Å². The summed E-state index contributed by atoms with van der Waals surface area (Å²) < 4.78 is 15.3. The van der Waals surface area contributed by atoms with Crippen molar-refractivity contribution < 1.29 is 4.39 Å². The monoisotopic (exact) mass is 247 g/mol. The lowest BCUT2D eigenvalue weighted by Crippen LogP contribution is -2.18. The molecule has 3 nitrogen and oxygen atoms in total. The number of nitrogens with one attached hydrogen (secondary N) is 1. The van der Waals surface area contributed by atoms with Gasteiger partial charge < -0.3 is 9.88 Å². The van der Waals surface area contributed by atoms with Gasteiger partial charge >= 0.3 is 0 Å². The Hall–Kier alpha value is -1.68. The predicted molar refractivity (Wildman–Crippen MR) is 72.1 cm³/mol. The molecule has 1 aromatic carbocycles. The highest BCUT2D eigenvalue weighted by Gasteiger charge is 2.09. The Morgan fingerprint density at radius 2 is 2.33 bits per heavy atom. The van der Waals surface area contributed by atoms with Gasteiger partial charge in [0.15, 0.2) is 0 Å². The van der Waals surface area contributed by atoms with Crippen molar-refractivity contribution in [2.24, 2.45) is 0 Å². The van der Waals surface area contributed by atoms with Crippen LogP contribution in [0.25, 0.3) is 11.0 Å². The second kappa shape index (κ2) is 5.78. The molecule has 0 saturated carbocycles. The number of halogens is 1. The van der Waals surface area contributed by atoms with Gasteiger partial charge in [0.25, 0.3) is 0 Å². The minimum Gasteiger partial charge on any atom is -0.324 e. The first-order valence-electron chi connectivity index (χ1n) is 6.22. The number of aromatic nitrogens is 2. The summed E-state index contributed by atoms with van der Waals surface area (Å²) >= 11 is 0. The van der Waals surface area contributed by atoms with Gasteiger partial charge in [-0.15, -0.1) is 6.58 Å². The van der Waals surface area contributed by atoms with Gasteiger partial charge in [-0.05, 0) is 18.7 Å². The highest BCUT2D eigenvalue weighted by molar-refractivity contribution is 5.76. The number of allylic oxidation sites excluding steroid dienone is 1. The zero-order valence-corrected chi connectivity index (χ0v) is 10.6. The Labute approximate surface area is 106 Å². The van der Waals surface area contributed by atoms with Crippen LogP contribution in [0.15, 0.2) is 30.9 Å². The fourth-order valence-corrected chi connectivity index (χ4v) is 2.05. The van der Waals surface area contributed by atoms with Crippen LogP contribution < -0.4 is 5.32 Å². The van der Waals surface area contributed by atoms with E-state index in [1.165, 1.54) is 12.1 Å². The Balaban J connectivity index is 2.37. The molecular formula is C14H18FN3. The minimum atomic E-state index is -0.246. The van der Waals surface area contributed by atoms with E-state index in [9.17, 15) is 4.39 Å². The van der Waals surface area contributed by atoms with Crippen molar-refractivity contribution in [2.45, 2.75) is 19.9 Å². The molecule has 0 spiro atoms. The largest absolute Gasteiger partial charge is 0.324 e. The molecule has 0 bridgehead atoms. The van der Waals surface area contributed by atoms with Crippen LogP contribution in [0.3, 0.4) is 0 Å². The van der Waals surface area contributed by atoms with Gasteiger partial charge in [-0.2, -0.15) is 0 Å². The number of rotatable bonds is 6. The highest BCUT2D eigenvalue weighted by atomic mass is 19.1. The lowest BCUT2D eigenvalue weighted by Gasteiger charge is -2.06. The summed E-state index contributed by atoms with van der Waals surface area (Å²) in [4.78, 5) is 4.50. The van der Waals surface area contributed by atoms with Crippen LogP contribution >= 0.6 is 0 Å². The van der Waals surface area contributed by atoms with Crippen LogP contribution in [0.5, 0.6) is 0 Å². The summed E-state index contributed by atoms with van der Waals surface area (Å²) in [5.41, 5.74) is 1.67. The number of hydrogen-bond acceptors (Lipinski definition) is 2. The van der Waals surface area contributed by atoms with E-state index in [1.54, 1.807) is 6.07 Å². The number of fused-ring (bicyclic) bond motifs is 1. The third-order valence-electron chi connectivity index (χ3n) is 2.88. The van der Waals surface area contributed by atoms with E-state index < -0.39 is 0 Å². The molecule has 96 valence electrons. The fourth-order valence-electron chi connectivity index (χ4n) is 2.05. The van der Waals surface area contributed by atoms with E-state index in [2.05, 4.69) is 28.4 Å². The summed E-state index contributed by atoms with van der Waals surface area (Å²) in [6, 6.07) is 4.72. The van der Waals surface area contributed by atoms with Crippen molar-refractivity contribution in [1.29, 1.82) is 0 Å². The molecule has 2 rings (SSSR count).